The van der Waals surface area contributed by atoms with Gasteiger partial charge in [-0.15, -0.1) is 0 Å². The Bertz CT molecular complexity index is 662. The van der Waals surface area contributed by atoms with Crippen LogP contribution in [-0.4, -0.2) is 13.0 Å². The average molecular weight is 375 g/mol. The van der Waals surface area contributed by atoms with Crippen LogP contribution in [0.25, 0.3) is 0 Å². The molecule has 0 bridgehead atoms. The van der Waals surface area contributed by atoms with Crippen LogP contribution in [0.5, 0.6) is 5.75 Å². The number of benzene rings is 2. The number of carbonyl (C=O) groups is 1. The molecule has 0 saturated heterocycles. The molecular weight excluding hydrogens is 365 g/mol. The summed E-state index contributed by atoms with van der Waals surface area (Å²) >= 11 is 15.2. The van der Waals surface area contributed by atoms with Crippen LogP contribution in [-0.2, 0) is 0 Å². The topological polar surface area (TPSA) is 38.3 Å². The van der Waals surface area contributed by atoms with Gasteiger partial charge >= 0.3 is 0 Å². The number of hydrogen-bond acceptors (Lipinski definition) is 2. The van der Waals surface area contributed by atoms with Gasteiger partial charge in [0.15, 0.2) is 0 Å². The third kappa shape index (κ3) is 3.45. The number of hydrogen-bond donors (Lipinski definition) is 1. The maximum absolute atomic E-state index is 12.2. The van der Waals surface area contributed by atoms with E-state index in [0.717, 1.165) is 0 Å². The molecule has 0 radical (unpaired) electrons. The number of carbonyl (C=O) groups excluding carboxylic acids is 1. The first-order valence-corrected chi connectivity index (χ1v) is 7.16. The second-order valence-corrected chi connectivity index (χ2v) is 5.63. The largest absolute Gasteiger partial charge is 0.495 e. The first kappa shape index (κ1) is 15.2. The Kier molecular flexibility index (Phi) is 4.91. The van der Waals surface area contributed by atoms with Crippen molar-refractivity contribution in [3.8, 4) is 5.75 Å². The number of ether oxygens (including phenoxy) is 1. The highest BCUT2D eigenvalue weighted by Gasteiger charge is 2.11. The Balaban J connectivity index is 2.21. The molecule has 0 aliphatic rings. The Labute approximate surface area is 135 Å². The van der Waals surface area contributed by atoms with E-state index in [9.17, 15) is 4.79 Å². The van der Waals surface area contributed by atoms with E-state index in [2.05, 4.69) is 21.2 Å². The Morgan fingerprint density at radius 2 is 1.95 bits per heavy atom. The predicted octanol–water partition coefficient (Wildman–Crippen LogP) is 5.02. The Morgan fingerprint density at radius 3 is 2.55 bits per heavy atom. The second-order valence-electron chi connectivity index (χ2n) is 3.93. The molecule has 0 spiro atoms. The zero-order valence-electron chi connectivity index (χ0n) is 10.4. The molecule has 2 rings (SSSR count). The summed E-state index contributed by atoms with van der Waals surface area (Å²) < 4.78 is 5.68. The van der Waals surface area contributed by atoms with Gasteiger partial charge in [-0.25, -0.2) is 0 Å². The number of rotatable bonds is 3. The van der Waals surface area contributed by atoms with E-state index in [0.29, 0.717) is 31.5 Å². The van der Waals surface area contributed by atoms with E-state index in [4.69, 9.17) is 27.9 Å². The monoisotopic (exact) mass is 373 g/mol. The zero-order chi connectivity index (χ0) is 14.7. The van der Waals surface area contributed by atoms with Crippen LogP contribution in [0.3, 0.4) is 0 Å². The molecule has 1 N–H and O–H groups in total. The van der Waals surface area contributed by atoms with Crippen molar-refractivity contribution in [3.63, 3.8) is 0 Å². The van der Waals surface area contributed by atoms with Crippen LogP contribution < -0.4 is 10.1 Å². The Hall–Kier alpha value is -1.23. The number of halogens is 3. The zero-order valence-corrected chi connectivity index (χ0v) is 13.5. The van der Waals surface area contributed by atoms with Gasteiger partial charge in [0.05, 0.1) is 17.7 Å². The van der Waals surface area contributed by atoms with Crippen molar-refractivity contribution in [1.29, 1.82) is 0 Å². The van der Waals surface area contributed by atoms with Crippen molar-refractivity contribution in [1.82, 2.24) is 0 Å². The van der Waals surface area contributed by atoms with Gasteiger partial charge in [0, 0.05) is 15.2 Å². The van der Waals surface area contributed by atoms with E-state index in [1.54, 1.807) is 36.4 Å². The standard InChI is InChI=1S/C14H10BrCl2NO2/c1-20-13-5-3-9(7-12(13)17)18-14(19)10-4-2-8(16)6-11(10)15/h2-7H,1H3,(H,18,19). The minimum Gasteiger partial charge on any atom is -0.495 e. The third-order valence-corrected chi connectivity index (χ3v) is 3.77. The van der Waals surface area contributed by atoms with Crippen molar-refractivity contribution in [3.05, 3.63) is 56.5 Å². The fourth-order valence-corrected chi connectivity index (χ4v) is 2.74. The molecule has 104 valence electrons. The highest BCUT2D eigenvalue weighted by molar-refractivity contribution is 9.10. The minimum absolute atomic E-state index is 0.255. The van der Waals surface area contributed by atoms with E-state index >= 15 is 0 Å². The summed E-state index contributed by atoms with van der Waals surface area (Å²) in [5.41, 5.74) is 1.07. The van der Waals surface area contributed by atoms with E-state index in [1.165, 1.54) is 7.11 Å². The van der Waals surface area contributed by atoms with Crippen molar-refractivity contribution in [2.75, 3.05) is 12.4 Å². The molecule has 0 unspecified atom stereocenters. The summed E-state index contributed by atoms with van der Waals surface area (Å²) in [4.78, 5) is 12.2. The summed E-state index contributed by atoms with van der Waals surface area (Å²) in [6.07, 6.45) is 0. The van der Waals surface area contributed by atoms with Gasteiger partial charge in [-0.05, 0) is 52.3 Å². The minimum atomic E-state index is -0.255. The molecule has 0 saturated carbocycles. The first-order valence-electron chi connectivity index (χ1n) is 5.61. The van der Waals surface area contributed by atoms with Crippen molar-refractivity contribution in [2.24, 2.45) is 0 Å². The molecule has 0 fully saturated rings. The quantitative estimate of drug-likeness (QED) is 0.819. The highest BCUT2D eigenvalue weighted by atomic mass is 79.9. The second kappa shape index (κ2) is 6.48. The molecule has 6 heteroatoms. The molecule has 0 aliphatic heterocycles. The number of nitrogens with one attached hydrogen (secondary N) is 1. The lowest BCUT2D eigenvalue weighted by molar-refractivity contribution is 0.102. The lowest BCUT2D eigenvalue weighted by Gasteiger charge is -2.09. The van der Waals surface area contributed by atoms with Gasteiger partial charge in [0.2, 0.25) is 0 Å². The van der Waals surface area contributed by atoms with Gasteiger partial charge in [-0.3, -0.25) is 4.79 Å². The van der Waals surface area contributed by atoms with Gasteiger partial charge in [-0.2, -0.15) is 0 Å². The van der Waals surface area contributed by atoms with Crippen LogP contribution in [0.2, 0.25) is 10.0 Å². The molecule has 20 heavy (non-hydrogen) atoms. The van der Waals surface area contributed by atoms with Gasteiger partial charge in [0.25, 0.3) is 5.91 Å². The highest BCUT2D eigenvalue weighted by Crippen LogP contribution is 2.28. The maximum atomic E-state index is 12.2. The van der Waals surface area contributed by atoms with Crippen LogP contribution in [0.4, 0.5) is 5.69 Å². The summed E-state index contributed by atoms with van der Waals surface area (Å²) in [6.45, 7) is 0. The number of anilines is 1. The van der Waals surface area contributed by atoms with Crippen LogP contribution >= 0.6 is 39.1 Å². The third-order valence-electron chi connectivity index (χ3n) is 2.59. The van der Waals surface area contributed by atoms with Gasteiger partial charge < -0.3 is 10.1 Å². The molecule has 3 nitrogen and oxygen atoms in total. The normalized spacial score (nSPS) is 10.2. The lowest BCUT2D eigenvalue weighted by Crippen LogP contribution is -2.12. The van der Waals surface area contributed by atoms with Gasteiger partial charge in [-0.1, -0.05) is 23.2 Å². The lowest BCUT2D eigenvalue weighted by atomic mass is 10.2. The van der Waals surface area contributed by atoms with Crippen LogP contribution in [0, 0.1) is 0 Å². The Morgan fingerprint density at radius 1 is 1.20 bits per heavy atom. The fraction of sp³-hybridized carbons (Fsp3) is 0.0714. The molecule has 2 aromatic carbocycles. The van der Waals surface area contributed by atoms with Crippen molar-refractivity contribution < 1.29 is 9.53 Å². The predicted molar refractivity (Wildman–Crippen MR) is 85.1 cm³/mol. The average Bonchev–Trinajstić information content (AvgIpc) is 2.38. The molecule has 1 amide bonds. The van der Waals surface area contributed by atoms with Crippen LogP contribution in [0.15, 0.2) is 40.9 Å². The molecular formula is C14H10BrCl2NO2. The number of methoxy groups -OCH3 is 1. The molecule has 0 aromatic heterocycles. The summed E-state index contributed by atoms with van der Waals surface area (Å²) in [6, 6.07) is 10.00. The smallest absolute Gasteiger partial charge is 0.256 e. The van der Waals surface area contributed by atoms with Crippen LogP contribution in [0.1, 0.15) is 10.4 Å². The molecule has 0 aliphatic carbocycles. The maximum Gasteiger partial charge on any atom is 0.256 e. The first-order chi connectivity index (χ1) is 9.51. The molecule has 2 aromatic rings. The summed E-state index contributed by atoms with van der Waals surface area (Å²) in [5, 5.41) is 3.75. The van der Waals surface area contributed by atoms with Crippen molar-refractivity contribution in [2.45, 2.75) is 0 Å². The summed E-state index contributed by atoms with van der Waals surface area (Å²) in [5.74, 6) is 0.298. The van der Waals surface area contributed by atoms with Crippen molar-refractivity contribution >= 4 is 50.7 Å². The van der Waals surface area contributed by atoms with E-state index in [-0.39, 0.29) is 5.91 Å². The van der Waals surface area contributed by atoms with E-state index < -0.39 is 0 Å². The molecule has 0 atom stereocenters. The fourth-order valence-electron chi connectivity index (χ4n) is 1.62. The van der Waals surface area contributed by atoms with E-state index in [1.807, 2.05) is 0 Å². The molecule has 0 heterocycles. The van der Waals surface area contributed by atoms with Gasteiger partial charge in [0.1, 0.15) is 5.75 Å². The SMILES string of the molecule is COc1ccc(NC(=O)c2ccc(Cl)cc2Br)cc1Cl. The summed E-state index contributed by atoms with van der Waals surface area (Å²) in [7, 11) is 1.53. The number of amides is 1.